The Labute approximate surface area is 125 Å². The molecule has 1 unspecified atom stereocenters. The summed E-state index contributed by atoms with van der Waals surface area (Å²) >= 11 is 3.45. The van der Waals surface area contributed by atoms with Gasteiger partial charge in [0.1, 0.15) is 0 Å². The van der Waals surface area contributed by atoms with Crippen LogP contribution in [0.1, 0.15) is 57.3 Å². The maximum atomic E-state index is 11.9. The van der Waals surface area contributed by atoms with Crippen LogP contribution in [0.2, 0.25) is 0 Å². The fourth-order valence-electron chi connectivity index (χ4n) is 2.17. The molecule has 1 aromatic carbocycles. The van der Waals surface area contributed by atoms with E-state index in [4.69, 9.17) is 0 Å². The summed E-state index contributed by atoms with van der Waals surface area (Å²) < 4.78 is 0.959. The lowest BCUT2D eigenvalue weighted by molar-refractivity contribution is 0.101. The van der Waals surface area contributed by atoms with Crippen molar-refractivity contribution in [2.75, 3.05) is 11.4 Å². The van der Waals surface area contributed by atoms with Gasteiger partial charge < -0.3 is 4.90 Å². The summed E-state index contributed by atoms with van der Waals surface area (Å²) in [5.74, 6) is 0.126. The Morgan fingerprint density at radius 3 is 2.58 bits per heavy atom. The van der Waals surface area contributed by atoms with Crippen LogP contribution in [-0.4, -0.2) is 18.4 Å². The van der Waals surface area contributed by atoms with Gasteiger partial charge in [-0.15, -0.1) is 0 Å². The molecule has 0 aliphatic heterocycles. The van der Waals surface area contributed by atoms with E-state index in [0.29, 0.717) is 6.04 Å². The van der Waals surface area contributed by atoms with E-state index in [1.54, 1.807) is 6.92 Å². The zero-order valence-corrected chi connectivity index (χ0v) is 14.0. The average Bonchev–Trinajstić information content (AvgIpc) is 2.39. The molecule has 0 saturated heterocycles. The van der Waals surface area contributed by atoms with E-state index in [1.165, 1.54) is 6.42 Å². The van der Waals surface area contributed by atoms with Crippen molar-refractivity contribution in [1.82, 2.24) is 0 Å². The monoisotopic (exact) mass is 325 g/mol. The standard InChI is InChI=1S/C16H24BrNO/c1-5-7-10-18(12(3)6-2)16-9-8-14(17)11-15(16)13(4)19/h8-9,11-12H,5-7,10H2,1-4H3. The summed E-state index contributed by atoms with van der Waals surface area (Å²) in [5, 5.41) is 0. The van der Waals surface area contributed by atoms with Crippen LogP contribution in [0.5, 0.6) is 0 Å². The lowest BCUT2D eigenvalue weighted by atomic mass is 10.1. The number of benzene rings is 1. The molecule has 106 valence electrons. The van der Waals surface area contributed by atoms with Gasteiger partial charge in [0, 0.05) is 28.3 Å². The molecule has 3 heteroatoms. The number of unbranched alkanes of at least 4 members (excludes halogenated alkanes) is 1. The Kier molecular flexibility index (Phi) is 6.56. The minimum atomic E-state index is 0.126. The Morgan fingerprint density at radius 1 is 1.37 bits per heavy atom. The second-order valence-corrected chi connectivity index (χ2v) is 5.94. The molecule has 0 saturated carbocycles. The summed E-state index contributed by atoms with van der Waals surface area (Å²) in [5.41, 5.74) is 1.88. The molecule has 0 aliphatic rings. The van der Waals surface area contributed by atoms with E-state index in [9.17, 15) is 4.79 Å². The minimum Gasteiger partial charge on any atom is -0.368 e. The van der Waals surface area contributed by atoms with Crippen molar-refractivity contribution in [2.24, 2.45) is 0 Å². The van der Waals surface area contributed by atoms with Gasteiger partial charge in [-0.05, 0) is 44.9 Å². The van der Waals surface area contributed by atoms with Crippen molar-refractivity contribution in [3.05, 3.63) is 28.2 Å². The van der Waals surface area contributed by atoms with Gasteiger partial charge in [-0.1, -0.05) is 36.2 Å². The lowest BCUT2D eigenvalue weighted by Gasteiger charge is -2.32. The topological polar surface area (TPSA) is 20.3 Å². The van der Waals surface area contributed by atoms with Gasteiger partial charge in [0.15, 0.2) is 5.78 Å². The second kappa shape index (κ2) is 7.68. The summed E-state index contributed by atoms with van der Waals surface area (Å²) in [7, 11) is 0. The van der Waals surface area contributed by atoms with Crippen LogP contribution in [-0.2, 0) is 0 Å². The molecule has 2 nitrogen and oxygen atoms in total. The van der Waals surface area contributed by atoms with E-state index in [1.807, 2.05) is 12.1 Å². The first kappa shape index (κ1) is 16.2. The highest BCUT2D eigenvalue weighted by Crippen LogP contribution is 2.27. The molecule has 0 aliphatic carbocycles. The van der Waals surface area contributed by atoms with E-state index >= 15 is 0 Å². The van der Waals surface area contributed by atoms with Crippen LogP contribution in [0.4, 0.5) is 5.69 Å². The first-order chi connectivity index (χ1) is 9.01. The summed E-state index contributed by atoms with van der Waals surface area (Å²) in [6.45, 7) is 9.26. The number of nitrogens with zero attached hydrogens (tertiary/aromatic N) is 1. The van der Waals surface area contributed by atoms with Gasteiger partial charge in [-0.3, -0.25) is 4.79 Å². The largest absolute Gasteiger partial charge is 0.368 e. The molecular weight excluding hydrogens is 302 g/mol. The molecular formula is C16H24BrNO. The third kappa shape index (κ3) is 4.34. The number of halogens is 1. The predicted octanol–water partition coefficient (Wildman–Crippen LogP) is 5.06. The SMILES string of the molecule is CCCCN(c1ccc(Br)cc1C(C)=O)C(C)CC. The molecule has 1 rings (SSSR count). The van der Waals surface area contributed by atoms with E-state index in [0.717, 1.165) is 35.1 Å². The van der Waals surface area contributed by atoms with E-state index < -0.39 is 0 Å². The summed E-state index contributed by atoms with van der Waals surface area (Å²) in [6.07, 6.45) is 3.40. The third-order valence-corrected chi connectivity index (χ3v) is 4.02. The number of carbonyl (C=O) groups is 1. The number of carbonyl (C=O) groups excluding carboxylic acids is 1. The molecule has 0 fully saturated rings. The molecule has 0 spiro atoms. The molecule has 1 atom stereocenters. The van der Waals surface area contributed by atoms with Gasteiger partial charge in [0.05, 0.1) is 0 Å². The predicted molar refractivity (Wildman–Crippen MR) is 86.2 cm³/mol. The average molecular weight is 326 g/mol. The molecule has 19 heavy (non-hydrogen) atoms. The quantitative estimate of drug-likeness (QED) is 0.653. The van der Waals surface area contributed by atoms with Gasteiger partial charge in [0.2, 0.25) is 0 Å². The number of hydrogen-bond acceptors (Lipinski definition) is 2. The maximum Gasteiger partial charge on any atom is 0.161 e. The number of hydrogen-bond donors (Lipinski definition) is 0. The first-order valence-corrected chi connectivity index (χ1v) is 7.87. The molecule has 0 amide bonds. The second-order valence-electron chi connectivity index (χ2n) is 5.02. The number of ketones is 1. The number of rotatable bonds is 7. The van der Waals surface area contributed by atoms with Crippen molar-refractivity contribution in [2.45, 2.75) is 53.0 Å². The van der Waals surface area contributed by atoms with Crippen LogP contribution >= 0.6 is 15.9 Å². The summed E-state index contributed by atoms with van der Waals surface area (Å²) in [4.78, 5) is 14.2. The highest BCUT2D eigenvalue weighted by Gasteiger charge is 2.18. The van der Waals surface area contributed by atoms with Crippen LogP contribution in [0.15, 0.2) is 22.7 Å². The fourth-order valence-corrected chi connectivity index (χ4v) is 2.53. The summed E-state index contributed by atoms with van der Waals surface area (Å²) in [6, 6.07) is 6.45. The Hall–Kier alpha value is -0.830. The van der Waals surface area contributed by atoms with Gasteiger partial charge in [0.25, 0.3) is 0 Å². The van der Waals surface area contributed by atoms with Crippen LogP contribution in [0.3, 0.4) is 0 Å². The molecule has 0 heterocycles. The van der Waals surface area contributed by atoms with Crippen LogP contribution in [0, 0.1) is 0 Å². The molecule has 0 N–H and O–H groups in total. The fraction of sp³-hybridized carbons (Fsp3) is 0.562. The van der Waals surface area contributed by atoms with Gasteiger partial charge in [-0.2, -0.15) is 0 Å². The van der Waals surface area contributed by atoms with Gasteiger partial charge >= 0.3 is 0 Å². The van der Waals surface area contributed by atoms with Crippen molar-refractivity contribution in [1.29, 1.82) is 0 Å². The van der Waals surface area contributed by atoms with Crippen molar-refractivity contribution in [3.63, 3.8) is 0 Å². The van der Waals surface area contributed by atoms with Gasteiger partial charge in [-0.25, -0.2) is 0 Å². The lowest BCUT2D eigenvalue weighted by Crippen LogP contribution is -2.34. The molecule has 1 aromatic rings. The van der Waals surface area contributed by atoms with Crippen molar-refractivity contribution in [3.8, 4) is 0 Å². The normalized spacial score (nSPS) is 12.3. The van der Waals surface area contributed by atoms with E-state index in [-0.39, 0.29) is 5.78 Å². The Bertz CT molecular complexity index is 431. The van der Waals surface area contributed by atoms with Crippen molar-refractivity contribution < 1.29 is 4.79 Å². The highest BCUT2D eigenvalue weighted by molar-refractivity contribution is 9.10. The maximum absolute atomic E-state index is 11.9. The first-order valence-electron chi connectivity index (χ1n) is 7.08. The molecule has 0 bridgehead atoms. The Morgan fingerprint density at radius 2 is 2.05 bits per heavy atom. The van der Waals surface area contributed by atoms with E-state index in [2.05, 4.69) is 47.7 Å². The number of Topliss-reactive ketones (excluding diaryl/α,β-unsaturated/α-hetero) is 1. The molecule has 0 radical (unpaired) electrons. The van der Waals surface area contributed by atoms with Crippen LogP contribution < -0.4 is 4.90 Å². The number of anilines is 1. The van der Waals surface area contributed by atoms with Crippen molar-refractivity contribution >= 4 is 27.4 Å². The smallest absolute Gasteiger partial charge is 0.161 e. The highest BCUT2D eigenvalue weighted by atomic mass is 79.9. The third-order valence-electron chi connectivity index (χ3n) is 3.52. The zero-order valence-electron chi connectivity index (χ0n) is 12.4. The Balaban J connectivity index is 3.17. The zero-order chi connectivity index (χ0) is 14.4. The van der Waals surface area contributed by atoms with Crippen LogP contribution in [0.25, 0.3) is 0 Å². The molecule has 0 aromatic heterocycles. The minimum absolute atomic E-state index is 0.126.